The molecule has 5 heteroatoms. The Morgan fingerprint density at radius 2 is 1.82 bits per heavy atom. The highest BCUT2D eigenvalue weighted by molar-refractivity contribution is 6.49. The number of halogens is 3. The Hall–Kier alpha value is -0.960. The van der Waals surface area contributed by atoms with Crippen LogP contribution in [-0.4, -0.2) is 4.98 Å². The van der Waals surface area contributed by atoms with E-state index < -0.39 is 0 Å². The third kappa shape index (κ3) is 2.34. The first-order chi connectivity index (χ1) is 8.00. The SMILES string of the molecule is Cc1c[nH]c(-c2ccc(Cl)c(Cl)c2Cl)cc1=O. The van der Waals surface area contributed by atoms with Gasteiger partial charge in [0, 0.05) is 23.4 Å². The largest absolute Gasteiger partial charge is 0.361 e. The Kier molecular flexibility index (Phi) is 3.48. The summed E-state index contributed by atoms with van der Waals surface area (Å²) in [5, 5.41) is 1.00. The van der Waals surface area contributed by atoms with Gasteiger partial charge < -0.3 is 4.98 Å². The summed E-state index contributed by atoms with van der Waals surface area (Å²) in [5.41, 5.74) is 1.85. The molecule has 1 aromatic heterocycles. The molecule has 0 aliphatic heterocycles. The molecule has 0 unspecified atom stereocenters. The molecule has 0 spiro atoms. The molecular weight excluding hydrogens is 280 g/mol. The van der Waals surface area contributed by atoms with E-state index in [9.17, 15) is 4.79 Å². The molecule has 0 aliphatic rings. The van der Waals surface area contributed by atoms with E-state index in [-0.39, 0.29) is 10.5 Å². The molecule has 17 heavy (non-hydrogen) atoms. The summed E-state index contributed by atoms with van der Waals surface area (Å²) >= 11 is 17.9. The van der Waals surface area contributed by atoms with Crippen LogP contribution in [0.4, 0.5) is 0 Å². The minimum atomic E-state index is -0.0547. The summed E-state index contributed by atoms with van der Waals surface area (Å²) in [6, 6.07) is 4.85. The fraction of sp³-hybridized carbons (Fsp3) is 0.0833. The highest BCUT2D eigenvalue weighted by Crippen LogP contribution is 2.36. The molecule has 0 atom stereocenters. The van der Waals surface area contributed by atoms with Gasteiger partial charge >= 0.3 is 0 Å². The van der Waals surface area contributed by atoms with Gasteiger partial charge in [-0.1, -0.05) is 34.8 Å². The summed E-state index contributed by atoms with van der Waals surface area (Å²) in [4.78, 5) is 14.5. The highest BCUT2D eigenvalue weighted by Gasteiger charge is 2.11. The molecule has 88 valence electrons. The summed E-state index contributed by atoms with van der Waals surface area (Å²) < 4.78 is 0. The number of aromatic amines is 1. The molecule has 1 heterocycles. The highest BCUT2D eigenvalue weighted by atomic mass is 35.5. The predicted octanol–water partition coefficient (Wildman–Crippen LogP) is 4.31. The van der Waals surface area contributed by atoms with Gasteiger partial charge in [-0.25, -0.2) is 0 Å². The maximum Gasteiger partial charge on any atom is 0.185 e. The summed E-state index contributed by atoms with van der Waals surface area (Å²) in [7, 11) is 0. The Morgan fingerprint density at radius 3 is 2.47 bits per heavy atom. The fourth-order valence-corrected chi connectivity index (χ4v) is 2.07. The number of aromatic nitrogens is 1. The number of rotatable bonds is 1. The third-order valence-corrected chi connectivity index (χ3v) is 3.73. The van der Waals surface area contributed by atoms with Crippen LogP contribution < -0.4 is 5.43 Å². The molecule has 0 saturated carbocycles. The van der Waals surface area contributed by atoms with Crippen molar-refractivity contribution in [2.45, 2.75) is 6.92 Å². The quantitative estimate of drug-likeness (QED) is 0.779. The van der Waals surface area contributed by atoms with E-state index in [1.165, 1.54) is 6.07 Å². The van der Waals surface area contributed by atoms with Crippen molar-refractivity contribution in [2.75, 3.05) is 0 Å². The van der Waals surface area contributed by atoms with Crippen LogP contribution in [0.25, 0.3) is 11.3 Å². The van der Waals surface area contributed by atoms with Crippen molar-refractivity contribution in [1.82, 2.24) is 4.98 Å². The molecule has 0 amide bonds. The molecule has 2 aromatic rings. The smallest absolute Gasteiger partial charge is 0.185 e. The van der Waals surface area contributed by atoms with Gasteiger partial charge in [0.25, 0.3) is 0 Å². The number of hydrogen-bond acceptors (Lipinski definition) is 1. The Morgan fingerprint density at radius 1 is 1.12 bits per heavy atom. The van der Waals surface area contributed by atoms with Gasteiger partial charge in [0.2, 0.25) is 0 Å². The molecule has 0 bridgehead atoms. The molecule has 0 fully saturated rings. The molecule has 0 aliphatic carbocycles. The lowest BCUT2D eigenvalue weighted by Crippen LogP contribution is -2.04. The molecule has 0 radical (unpaired) electrons. The maximum atomic E-state index is 11.6. The first kappa shape index (κ1) is 12.5. The molecule has 1 aromatic carbocycles. The maximum absolute atomic E-state index is 11.6. The average molecular weight is 289 g/mol. The van der Waals surface area contributed by atoms with Crippen molar-refractivity contribution in [2.24, 2.45) is 0 Å². The van der Waals surface area contributed by atoms with E-state index in [2.05, 4.69) is 4.98 Å². The average Bonchev–Trinajstić information content (AvgIpc) is 2.30. The van der Waals surface area contributed by atoms with Crippen LogP contribution in [-0.2, 0) is 0 Å². The van der Waals surface area contributed by atoms with Gasteiger partial charge in [0.05, 0.1) is 20.8 Å². The number of H-pyrrole nitrogens is 1. The van der Waals surface area contributed by atoms with Crippen LogP contribution >= 0.6 is 34.8 Å². The molecule has 0 saturated heterocycles. The van der Waals surface area contributed by atoms with Crippen LogP contribution in [0.3, 0.4) is 0 Å². The van der Waals surface area contributed by atoms with Crippen LogP contribution in [0.2, 0.25) is 15.1 Å². The van der Waals surface area contributed by atoms with Crippen LogP contribution in [0.15, 0.2) is 29.2 Å². The zero-order valence-corrected chi connectivity index (χ0v) is 11.1. The van der Waals surface area contributed by atoms with Crippen molar-refractivity contribution in [1.29, 1.82) is 0 Å². The van der Waals surface area contributed by atoms with Crippen molar-refractivity contribution >= 4 is 34.8 Å². The lowest BCUT2D eigenvalue weighted by Gasteiger charge is -2.07. The Labute approximate surface area is 113 Å². The second-order valence-electron chi connectivity index (χ2n) is 3.62. The molecule has 2 nitrogen and oxygen atoms in total. The van der Waals surface area contributed by atoms with Gasteiger partial charge in [-0.15, -0.1) is 0 Å². The van der Waals surface area contributed by atoms with E-state index in [4.69, 9.17) is 34.8 Å². The van der Waals surface area contributed by atoms with Gasteiger partial charge in [0.15, 0.2) is 5.43 Å². The number of aryl methyl sites for hydroxylation is 1. The van der Waals surface area contributed by atoms with Crippen molar-refractivity contribution in [3.05, 3.63) is 55.3 Å². The first-order valence-electron chi connectivity index (χ1n) is 4.84. The lowest BCUT2D eigenvalue weighted by atomic mass is 10.1. The number of pyridine rings is 1. The van der Waals surface area contributed by atoms with Crippen molar-refractivity contribution in [3.8, 4) is 11.3 Å². The lowest BCUT2D eigenvalue weighted by molar-refractivity contribution is 1.24. The standard InChI is InChI=1S/C12H8Cl3NO/c1-6-5-16-9(4-10(6)17)7-2-3-8(13)12(15)11(7)14/h2-5H,1H3,(H,16,17). The van der Waals surface area contributed by atoms with E-state index in [0.717, 1.165) is 0 Å². The van der Waals surface area contributed by atoms with Gasteiger partial charge in [-0.05, 0) is 19.1 Å². The van der Waals surface area contributed by atoms with E-state index >= 15 is 0 Å². The van der Waals surface area contributed by atoms with E-state index in [1.807, 2.05) is 0 Å². The molecule has 1 N–H and O–H groups in total. The van der Waals surface area contributed by atoms with Crippen LogP contribution in [0.5, 0.6) is 0 Å². The second-order valence-corrected chi connectivity index (χ2v) is 4.78. The topological polar surface area (TPSA) is 32.9 Å². The summed E-state index contributed by atoms with van der Waals surface area (Å²) in [6.07, 6.45) is 1.64. The van der Waals surface area contributed by atoms with E-state index in [0.29, 0.717) is 26.9 Å². The normalized spacial score (nSPS) is 10.6. The second kappa shape index (κ2) is 4.73. The first-order valence-corrected chi connectivity index (χ1v) is 5.97. The molecule has 2 rings (SSSR count). The summed E-state index contributed by atoms with van der Waals surface area (Å²) in [5.74, 6) is 0. The number of nitrogens with one attached hydrogen (secondary N) is 1. The zero-order chi connectivity index (χ0) is 12.6. The predicted molar refractivity (Wildman–Crippen MR) is 72.3 cm³/mol. The van der Waals surface area contributed by atoms with Crippen molar-refractivity contribution < 1.29 is 0 Å². The summed E-state index contributed by atoms with van der Waals surface area (Å²) in [6.45, 7) is 1.74. The zero-order valence-electron chi connectivity index (χ0n) is 8.85. The molecular formula is C12H8Cl3NO. The van der Waals surface area contributed by atoms with Crippen LogP contribution in [0.1, 0.15) is 5.56 Å². The monoisotopic (exact) mass is 287 g/mol. The fourth-order valence-electron chi connectivity index (χ4n) is 1.43. The van der Waals surface area contributed by atoms with E-state index in [1.54, 1.807) is 25.3 Å². The van der Waals surface area contributed by atoms with Crippen molar-refractivity contribution in [3.63, 3.8) is 0 Å². The number of hydrogen-bond donors (Lipinski definition) is 1. The van der Waals surface area contributed by atoms with Gasteiger partial charge in [-0.3, -0.25) is 4.79 Å². The van der Waals surface area contributed by atoms with Gasteiger partial charge in [-0.2, -0.15) is 0 Å². The third-order valence-electron chi connectivity index (χ3n) is 2.43. The Bertz CT molecular complexity index is 634. The van der Waals surface area contributed by atoms with Crippen LogP contribution in [0, 0.1) is 6.92 Å². The minimum Gasteiger partial charge on any atom is -0.361 e. The Balaban J connectivity index is 2.65. The van der Waals surface area contributed by atoms with Gasteiger partial charge in [0.1, 0.15) is 0 Å². The number of benzene rings is 1. The minimum absolute atomic E-state index is 0.0547.